The molecular formula is C22H18N4OS. The molecule has 1 amide bonds. The predicted molar refractivity (Wildman–Crippen MR) is 112 cm³/mol. The Morgan fingerprint density at radius 1 is 1.00 bits per heavy atom. The van der Waals surface area contributed by atoms with Crippen molar-refractivity contribution in [2.45, 2.75) is 11.7 Å². The average molecular weight is 386 g/mol. The first-order valence-corrected chi connectivity index (χ1v) is 10.1. The maximum atomic E-state index is 12.5. The zero-order chi connectivity index (χ0) is 18.9. The number of benzene rings is 2. The van der Waals surface area contributed by atoms with Gasteiger partial charge in [0.05, 0.1) is 5.69 Å². The van der Waals surface area contributed by atoms with Crippen molar-refractivity contribution >= 4 is 23.4 Å². The van der Waals surface area contributed by atoms with Crippen molar-refractivity contribution in [1.29, 1.82) is 0 Å². The molecule has 2 aromatic heterocycles. The third kappa shape index (κ3) is 3.23. The fraction of sp³-hybridized carbons (Fsp3) is 0.0909. The molecule has 0 saturated heterocycles. The monoisotopic (exact) mass is 386 g/mol. The van der Waals surface area contributed by atoms with Crippen LogP contribution in [0, 0.1) is 0 Å². The lowest BCUT2D eigenvalue weighted by Crippen LogP contribution is -2.11. The fourth-order valence-corrected chi connectivity index (χ4v) is 4.21. The number of aromatic nitrogens is 3. The van der Waals surface area contributed by atoms with Gasteiger partial charge in [0.2, 0.25) is 0 Å². The van der Waals surface area contributed by atoms with Gasteiger partial charge < -0.3 is 14.5 Å². The van der Waals surface area contributed by atoms with Crippen molar-refractivity contribution in [1.82, 2.24) is 14.1 Å². The number of aryl methyl sites for hydroxylation is 1. The van der Waals surface area contributed by atoms with Gasteiger partial charge in [0.25, 0.3) is 5.91 Å². The van der Waals surface area contributed by atoms with Crippen LogP contribution in [0.15, 0.2) is 84.4 Å². The number of fused-ring (bicyclic) bond motifs is 1. The Labute approximate surface area is 167 Å². The molecule has 3 heterocycles. The zero-order valence-corrected chi connectivity index (χ0v) is 15.9. The van der Waals surface area contributed by atoms with Gasteiger partial charge in [0.15, 0.2) is 5.16 Å². The summed E-state index contributed by atoms with van der Waals surface area (Å²) in [7, 11) is 0. The van der Waals surface area contributed by atoms with Crippen LogP contribution in [-0.2, 0) is 6.54 Å². The maximum Gasteiger partial charge on any atom is 0.255 e. The minimum atomic E-state index is -0.121. The second-order valence-electron chi connectivity index (χ2n) is 6.62. The summed E-state index contributed by atoms with van der Waals surface area (Å²) in [5.74, 6) is 0.976. The lowest BCUT2D eigenvalue weighted by atomic mass is 10.1. The highest BCUT2D eigenvalue weighted by Gasteiger charge is 2.15. The van der Waals surface area contributed by atoms with Crippen LogP contribution in [0.4, 0.5) is 5.69 Å². The molecule has 5 rings (SSSR count). The molecule has 1 N–H and O–H groups in total. The molecule has 0 bridgehead atoms. The van der Waals surface area contributed by atoms with Gasteiger partial charge in [-0.2, -0.15) is 0 Å². The van der Waals surface area contributed by atoms with E-state index in [0.29, 0.717) is 5.56 Å². The van der Waals surface area contributed by atoms with Crippen LogP contribution < -0.4 is 5.32 Å². The van der Waals surface area contributed by atoms with Crippen molar-refractivity contribution < 1.29 is 4.79 Å². The Hall–Kier alpha value is -3.25. The summed E-state index contributed by atoms with van der Waals surface area (Å²) in [6.07, 6.45) is 6.05. The molecule has 0 saturated carbocycles. The van der Waals surface area contributed by atoms with Gasteiger partial charge >= 0.3 is 0 Å². The van der Waals surface area contributed by atoms with Crippen molar-refractivity contribution in [3.63, 3.8) is 0 Å². The smallest absolute Gasteiger partial charge is 0.255 e. The zero-order valence-electron chi connectivity index (χ0n) is 15.1. The van der Waals surface area contributed by atoms with Crippen molar-refractivity contribution in [2.24, 2.45) is 0 Å². The maximum absolute atomic E-state index is 12.5. The van der Waals surface area contributed by atoms with Crippen LogP contribution in [0.5, 0.6) is 0 Å². The van der Waals surface area contributed by atoms with Crippen LogP contribution >= 0.6 is 11.8 Å². The molecule has 2 aromatic carbocycles. The van der Waals surface area contributed by atoms with Crippen LogP contribution in [0.1, 0.15) is 10.4 Å². The highest BCUT2D eigenvalue weighted by atomic mass is 32.2. The van der Waals surface area contributed by atoms with E-state index in [0.717, 1.165) is 40.1 Å². The van der Waals surface area contributed by atoms with Gasteiger partial charge in [-0.25, -0.2) is 4.98 Å². The molecule has 1 aliphatic rings. The Morgan fingerprint density at radius 3 is 2.46 bits per heavy atom. The van der Waals surface area contributed by atoms with E-state index in [1.165, 1.54) is 0 Å². The number of nitrogens with zero attached hydrogens (tertiary/aromatic N) is 3. The van der Waals surface area contributed by atoms with Crippen LogP contribution in [0.2, 0.25) is 0 Å². The number of hydrogen-bond acceptors (Lipinski definition) is 3. The van der Waals surface area contributed by atoms with E-state index in [4.69, 9.17) is 0 Å². The highest BCUT2D eigenvalue weighted by Crippen LogP contribution is 2.29. The SMILES string of the molecule is O=C(Nc1ccc(-c2cn3c(n2)SCC3)cc1)c1ccc(-n2cccc2)cc1. The van der Waals surface area contributed by atoms with Gasteiger partial charge in [-0.15, -0.1) is 0 Å². The lowest BCUT2D eigenvalue weighted by Gasteiger charge is -2.08. The number of imidazole rings is 1. The summed E-state index contributed by atoms with van der Waals surface area (Å²) < 4.78 is 4.19. The van der Waals surface area contributed by atoms with Gasteiger partial charge in [-0.1, -0.05) is 23.9 Å². The highest BCUT2D eigenvalue weighted by molar-refractivity contribution is 7.99. The number of carbonyl (C=O) groups is 1. The Balaban J connectivity index is 1.28. The molecule has 0 atom stereocenters. The molecule has 6 heteroatoms. The molecule has 0 radical (unpaired) electrons. The number of carbonyl (C=O) groups excluding carboxylic acids is 1. The number of thioether (sulfide) groups is 1. The number of hydrogen-bond donors (Lipinski definition) is 1. The Bertz CT molecular complexity index is 1090. The molecule has 28 heavy (non-hydrogen) atoms. The average Bonchev–Trinajstić information content (AvgIpc) is 3.46. The largest absolute Gasteiger partial charge is 0.325 e. The van der Waals surface area contributed by atoms with E-state index < -0.39 is 0 Å². The quantitative estimate of drug-likeness (QED) is 0.553. The van der Waals surface area contributed by atoms with Gasteiger partial charge in [-0.3, -0.25) is 4.79 Å². The molecule has 0 aliphatic carbocycles. The summed E-state index contributed by atoms with van der Waals surface area (Å²) in [5.41, 5.74) is 4.44. The third-order valence-corrected chi connectivity index (χ3v) is 5.74. The van der Waals surface area contributed by atoms with Gasteiger partial charge in [0.1, 0.15) is 0 Å². The predicted octanol–water partition coefficient (Wildman–Crippen LogP) is 4.70. The first-order chi connectivity index (χ1) is 13.8. The molecule has 0 spiro atoms. The number of rotatable bonds is 4. The molecule has 0 unspecified atom stereocenters. The normalized spacial score (nSPS) is 12.7. The molecular weight excluding hydrogens is 368 g/mol. The second-order valence-corrected chi connectivity index (χ2v) is 7.68. The number of anilines is 1. The minimum Gasteiger partial charge on any atom is -0.325 e. The van der Waals surface area contributed by atoms with Crippen LogP contribution in [-0.4, -0.2) is 25.8 Å². The van der Waals surface area contributed by atoms with Gasteiger partial charge in [-0.05, 0) is 48.5 Å². The molecule has 0 fully saturated rings. The van der Waals surface area contributed by atoms with Crippen LogP contribution in [0.25, 0.3) is 16.9 Å². The van der Waals surface area contributed by atoms with E-state index in [2.05, 4.69) is 21.1 Å². The Morgan fingerprint density at radius 2 is 1.75 bits per heavy atom. The standard InChI is InChI=1S/C22H18N4OS/c27-21(17-5-9-19(10-6-17)25-11-1-2-12-25)23-18-7-3-16(4-8-18)20-15-26-13-14-28-22(26)24-20/h1-12,15H,13-14H2,(H,23,27). The molecule has 1 aliphatic heterocycles. The lowest BCUT2D eigenvalue weighted by molar-refractivity contribution is 0.102. The third-order valence-electron chi connectivity index (χ3n) is 4.77. The van der Waals surface area contributed by atoms with E-state index in [1.807, 2.05) is 77.6 Å². The topological polar surface area (TPSA) is 51.9 Å². The van der Waals surface area contributed by atoms with Gasteiger partial charge in [0, 0.05) is 53.4 Å². The molecule has 4 aromatic rings. The Kier molecular flexibility index (Phi) is 4.25. The van der Waals surface area contributed by atoms with E-state index in [9.17, 15) is 4.79 Å². The number of amides is 1. The minimum absolute atomic E-state index is 0.121. The molecule has 5 nitrogen and oxygen atoms in total. The molecule has 138 valence electrons. The summed E-state index contributed by atoms with van der Waals surface area (Å²) in [5, 5.41) is 4.03. The van der Waals surface area contributed by atoms with E-state index in [-0.39, 0.29) is 5.91 Å². The first kappa shape index (κ1) is 16.9. The van der Waals surface area contributed by atoms with Crippen LogP contribution in [0.3, 0.4) is 0 Å². The van der Waals surface area contributed by atoms with Crippen molar-refractivity contribution in [3.8, 4) is 16.9 Å². The number of nitrogens with one attached hydrogen (secondary N) is 1. The summed E-state index contributed by atoms with van der Waals surface area (Å²) in [6.45, 7) is 1.02. The van der Waals surface area contributed by atoms with Crippen molar-refractivity contribution in [2.75, 3.05) is 11.1 Å². The summed E-state index contributed by atoms with van der Waals surface area (Å²) >= 11 is 1.79. The summed E-state index contributed by atoms with van der Waals surface area (Å²) in [6, 6.07) is 19.3. The first-order valence-electron chi connectivity index (χ1n) is 9.11. The fourth-order valence-electron chi connectivity index (χ4n) is 3.27. The van der Waals surface area contributed by atoms with E-state index in [1.54, 1.807) is 11.8 Å². The van der Waals surface area contributed by atoms with Crippen molar-refractivity contribution in [3.05, 3.63) is 84.8 Å². The second kappa shape index (κ2) is 7.05. The summed E-state index contributed by atoms with van der Waals surface area (Å²) in [4.78, 5) is 17.2. The van der Waals surface area contributed by atoms with E-state index >= 15 is 0 Å².